The lowest BCUT2D eigenvalue weighted by atomic mass is 10.0. The predicted molar refractivity (Wildman–Crippen MR) is 73.1 cm³/mol. The van der Waals surface area contributed by atoms with E-state index in [0.717, 1.165) is 18.6 Å². The third-order valence-corrected chi connectivity index (χ3v) is 3.18. The second kappa shape index (κ2) is 6.05. The smallest absolute Gasteiger partial charge is 0.118 e. The van der Waals surface area contributed by atoms with Crippen LogP contribution < -0.4 is 0 Å². The molecule has 0 N–H and O–H groups in total. The minimum absolute atomic E-state index is 0.0500. The van der Waals surface area contributed by atoms with Crippen molar-refractivity contribution < 1.29 is 9.47 Å². The van der Waals surface area contributed by atoms with Gasteiger partial charge in [-0.1, -0.05) is 50.8 Å². The van der Waals surface area contributed by atoms with E-state index in [1.807, 2.05) is 18.2 Å². The van der Waals surface area contributed by atoms with Gasteiger partial charge in [-0.25, -0.2) is 0 Å². The molecule has 1 saturated heterocycles. The summed E-state index contributed by atoms with van der Waals surface area (Å²) in [4.78, 5) is 0. The van der Waals surface area contributed by atoms with Crippen molar-refractivity contribution >= 4 is 0 Å². The van der Waals surface area contributed by atoms with Gasteiger partial charge in [-0.05, 0) is 17.9 Å². The van der Waals surface area contributed by atoms with Gasteiger partial charge in [0.2, 0.25) is 0 Å². The van der Waals surface area contributed by atoms with Gasteiger partial charge in [0.25, 0.3) is 0 Å². The molecule has 1 aliphatic rings. The Morgan fingerprint density at radius 2 is 2.06 bits per heavy atom. The fourth-order valence-corrected chi connectivity index (χ4v) is 2.31. The maximum atomic E-state index is 5.89. The zero-order valence-electron chi connectivity index (χ0n) is 11.3. The van der Waals surface area contributed by atoms with E-state index in [4.69, 9.17) is 9.47 Å². The van der Waals surface area contributed by atoms with Crippen LogP contribution in [-0.2, 0) is 16.1 Å². The Hall–Kier alpha value is -1.28. The molecule has 2 nitrogen and oxygen atoms in total. The molecule has 0 amide bonds. The standard InChI is InChI=1S/C16H22O2/c1-12(2)9-15-10-16(13(3)18-15)17-11-14-7-5-4-6-8-14/h4-8,12,15-16H,3,9-11H2,1-2H3/t15-,16-/m1/s1. The van der Waals surface area contributed by atoms with Crippen molar-refractivity contribution in [1.82, 2.24) is 0 Å². The van der Waals surface area contributed by atoms with Crippen molar-refractivity contribution in [3.05, 3.63) is 48.2 Å². The van der Waals surface area contributed by atoms with E-state index >= 15 is 0 Å². The van der Waals surface area contributed by atoms with Crippen LogP contribution in [0.3, 0.4) is 0 Å². The van der Waals surface area contributed by atoms with Crippen LogP contribution >= 0.6 is 0 Å². The number of hydrogen-bond donors (Lipinski definition) is 0. The molecule has 0 aliphatic carbocycles. The Balaban J connectivity index is 1.82. The molecular weight excluding hydrogens is 224 g/mol. The van der Waals surface area contributed by atoms with Gasteiger partial charge in [0.1, 0.15) is 18.0 Å². The Kier molecular flexibility index (Phi) is 4.43. The van der Waals surface area contributed by atoms with E-state index in [2.05, 4.69) is 32.6 Å². The summed E-state index contributed by atoms with van der Waals surface area (Å²) < 4.78 is 11.6. The van der Waals surface area contributed by atoms with Gasteiger partial charge >= 0.3 is 0 Å². The van der Waals surface area contributed by atoms with Crippen molar-refractivity contribution in [2.45, 2.75) is 45.5 Å². The predicted octanol–water partition coefficient (Wildman–Crippen LogP) is 3.92. The molecule has 1 aromatic rings. The molecule has 0 aromatic heterocycles. The minimum atomic E-state index is 0.0500. The first-order valence-corrected chi connectivity index (χ1v) is 6.66. The monoisotopic (exact) mass is 246 g/mol. The van der Waals surface area contributed by atoms with Crippen LogP contribution in [0.2, 0.25) is 0 Å². The molecule has 18 heavy (non-hydrogen) atoms. The van der Waals surface area contributed by atoms with Gasteiger partial charge in [-0.3, -0.25) is 0 Å². The second-order valence-electron chi connectivity index (χ2n) is 5.36. The van der Waals surface area contributed by atoms with Crippen molar-refractivity contribution in [2.75, 3.05) is 0 Å². The summed E-state index contributed by atoms with van der Waals surface area (Å²) in [5.41, 5.74) is 1.19. The minimum Gasteiger partial charge on any atom is -0.493 e. The number of rotatable bonds is 5. The number of hydrogen-bond acceptors (Lipinski definition) is 2. The molecule has 2 atom stereocenters. The molecule has 1 heterocycles. The van der Waals surface area contributed by atoms with Crippen LogP contribution in [0.15, 0.2) is 42.7 Å². The summed E-state index contributed by atoms with van der Waals surface area (Å²) in [5.74, 6) is 1.44. The molecule has 0 spiro atoms. The third-order valence-electron chi connectivity index (χ3n) is 3.18. The van der Waals surface area contributed by atoms with Gasteiger partial charge < -0.3 is 9.47 Å². The molecular formula is C16H22O2. The molecule has 0 unspecified atom stereocenters. The Morgan fingerprint density at radius 1 is 1.33 bits per heavy atom. The number of benzene rings is 1. The average molecular weight is 246 g/mol. The summed E-state index contributed by atoms with van der Waals surface area (Å²) in [7, 11) is 0. The topological polar surface area (TPSA) is 18.5 Å². The summed E-state index contributed by atoms with van der Waals surface area (Å²) in [6.07, 6.45) is 2.33. The van der Waals surface area contributed by atoms with Crippen LogP contribution in [0.5, 0.6) is 0 Å². The van der Waals surface area contributed by atoms with E-state index < -0.39 is 0 Å². The molecule has 2 rings (SSSR count). The largest absolute Gasteiger partial charge is 0.493 e. The third kappa shape index (κ3) is 3.61. The van der Waals surface area contributed by atoms with Crippen LogP contribution in [0.25, 0.3) is 0 Å². The van der Waals surface area contributed by atoms with Gasteiger partial charge in [-0.15, -0.1) is 0 Å². The zero-order valence-corrected chi connectivity index (χ0v) is 11.3. The van der Waals surface area contributed by atoms with E-state index in [0.29, 0.717) is 12.5 Å². The van der Waals surface area contributed by atoms with Crippen LogP contribution in [0.1, 0.15) is 32.3 Å². The highest BCUT2D eigenvalue weighted by atomic mass is 16.6. The van der Waals surface area contributed by atoms with Gasteiger partial charge in [0.15, 0.2) is 0 Å². The van der Waals surface area contributed by atoms with Crippen molar-refractivity contribution in [2.24, 2.45) is 5.92 Å². The summed E-state index contributed by atoms with van der Waals surface area (Å²) >= 11 is 0. The first-order valence-electron chi connectivity index (χ1n) is 6.66. The second-order valence-corrected chi connectivity index (χ2v) is 5.36. The summed E-state index contributed by atoms with van der Waals surface area (Å²) in [5, 5.41) is 0. The lowest BCUT2D eigenvalue weighted by molar-refractivity contribution is 0.0620. The van der Waals surface area contributed by atoms with E-state index in [1.165, 1.54) is 5.56 Å². The highest BCUT2D eigenvalue weighted by Crippen LogP contribution is 2.29. The fraction of sp³-hybridized carbons (Fsp3) is 0.500. The fourth-order valence-electron chi connectivity index (χ4n) is 2.31. The molecule has 0 saturated carbocycles. The lowest BCUT2D eigenvalue weighted by Gasteiger charge is -2.11. The molecule has 1 aliphatic heterocycles. The first kappa shape index (κ1) is 13.2. The molecule has 1 fully saturated rings. The molecule has 0 bridgehead atoms. The van der Waals surface area contributed by atoms with Gasteiger partial charge in [0.05, 0.1) is 6.61 Å². The Morgan fingerprint density at radius 3 is 2.72 bits per heavy atom. The van der Waals surface area contributed by atoms with Crippen molar-refractivity contribution in [1.29, 1.82) is 0 Å². The van der Waals surface area contributed by atoms with E-state index in [-0.39, 0.29) is 12.2 Å². The highest BCUT2D eigenvalue weighted by Gasteiger charge is 2.30. The average Bonchev–Trinajstić information content (AvgIpc) is 2.67. The summed E-state index contributed by atoms with van der Waals surface area (Å²) in [6.45, 7) is 9.01. The molecule has 0 radical (unpaired) electrons. The highest BCUT2D eigenvalue weighted by molar-refractivity contribution is 5.14. The lowest BCUT2D eigenvalue weighted by Crippen LogP contribution is -2.12. The quantitative estimate of drug-likeness (QED) is 0.784. The van der Waals surface area contributed by atoms with Crippen LogP contribution in [0, 0.1) is 5.92 Å². The zero-order chi connectivity index (χ0) is 13.0. The number of ether oxygens (including phenoxy) is 2. The first-order chi connectivity index (χ1) is 8.65. The molecule has 2 heteroatoms. The van der Waals surface area contributed by atoms with Crippen LogP contribution in [0.4, 0.5) is 0 Å². The van der Waals surface area contributed by atoms with Gasteiger partial charge in [-0.2, -0.15) is 0 Å². The summed E-state index contributed by atoms with van der Waals surface area (Å²) in [6, 6.07) is 10.2. The molecule has 1 aromatic carbocycles. The van der Waals surface area contributed by atoms with Crippen molar-refractivity contribution in [3.8, 4) is 0 Å². The Bertz CT molecular complexity index is 383. The SMILES string of the molecule is C=C1O[C@H](CC(C)C)C[C@H]1OCc1ccccc1. The Labute approximate surface area is 110 Å². The van der Waals surface area contributed by atoms with Gasteiger partial charge in [0, 0.05) is 6.42 Å². The van der Waals surface area contributed by atoms with Crippen molar-refractivity contribution in [3.63, 3.8) is 0 Å². The maximum absolute atomic E-state index is 5.89. The van der Waals surface area contributed by atoms with Crippen LogP contribution in [-0.4, -0.2) is 12.2 Å². The van der Waals surface area contributed by atoms with E-state index in [9.17, 15) is 0 Å². The normalized spacial score (nSPS) is 23.4. The molecule has 98 valence electrons. The maximum Gasteiger partial charge on any atom is 0.118 e. The van der Waals surface area contributed by atoms with E-state index in [1.54, 1.807) is 0 Å².